The first kappa shape index (κ1) is 19.8. The molecule has 0 aliphatic rings. The number of nitrogens with zero attached hydrogens (tertiary/aromatic N) is 2. The normalized spacial score (nSPS) is 11.9. The molecule has 0 saturated carbocycles. The first-order valence-electron chi connectivity index (χ1n) is 8.87. The third-order valence-corrected chi connectivity index (χ3v) is 6.64. The molecule has 29 heavy (non-hydrogen) atoms. The molecule has 4 aromatic rings. The number of hydrogen-bond donors (Lipinski definition) is 2. The number of aromatic nitrogens is 3. The van der Waals surface area contributed by atoms with Gasteiger partial charge in [-0.05, 0) is 42.8 Å². The molecule has 6 nitrogen and oxygen atoms in total. The largest absolute Gasteiger partial charge is 0.354 e. The molecule has 4 rings (SSSR count). The lowest BCUT2D eigenvalue weighted by Crippen LogP contribution is -2.14. The van der Waals surface area contributed by atoms with E-state index in [-0.39, 0.29) is 5.75 Å². The minimum absolute atomic E-state index is 0.00832. The van der Waals surface area contributed by atoms with E-state index in [1.165, 1.54) is 0 Å². The Kier molecular flexibility index (Phi) is 5.06. The number of anilines is 1. The second-order valence-corrected chi connectivity index (χ2v) is 9.56. The highest BCUT2D eigenvalue weighted by molar-refractivity contribution is 7.92. The van der Waals surface area contributed by atoms with E-state index in [9.17, 15) is 8.42 Å². The quantitative estimate of drug-likeness (QED) is 0.434. The Morgan fingerprint density at radius 2 is 1.93 bits per heavy atom. The van der Waals surface area contributed by atoms with Gasteiger partial charge in [-0.25, -0.2) is 13.4 Å². The van der Waals surface area contributed by atoms with Gasteiger partial charge in [-0.2, -0.15) is 0 Å². The molecule has 9 heteroatoms. The molecule has 0 radical (unpaired) electrons. The van der Waals surface area contributed by atoms with Gasteiger partial charge in [0.15, 0.2) is 0 Å². The Hall–Kier alpha value is -2.48. The standard InChI is InChI=1S/C20H18Cl2N4O2S/c1-3-29(27,28)25-14-6-13-8-18(12-4-5-16(21)17(22)7-12)24-20(13)15(9-14)19-10-26(2)11-23-19/h4-11,24-25H,3H2,1-2H3. The molecule has 2 aromatic carbocycles. The predicted octanol–water partition coefficient (Wildman–Crippen LogP) is 5.30. The van der Waals surface area contributed by atoms with Gasteiger partial charge in [0, 0.05) is 35.6 Å². The lowest BCUT2D eigenvalue weighted by Gasteiger charge is -2.09. The van der Waals surface area contributed by atoms with Gasteiger partial charge >= 0.3 is 0 Å². The number of hydrogen-bond acceptors (Lipinski definition) is 3. The molecule has 0 aliphatic heterocycles. The van der Waals surface area contributed by atoms with Crippen LogP contribution in [0.25, 0.3) is 33.4 Å². The molecule has 0 atom stereocenters. The molecule has 2 heterocycles. The van der Waals surface area contributed by atoms with Crippen molar-refractivity contribution in [1.29, 1.82) is 0 Å². The van der Waals surface area contributed by atoms with Crippen molar-refractivity contribution in [3.63, 3.8) is 0 Å². The van der Waals surface area contributed by atoms with E-state index in [2.05, 4.69) is 14.7 Å². The summed E-state index contributed by atoms with van der Waals surface area (Å²) in [4.78, 5) is 7.84. The summed E-state index contributed by atoms with van der Waals surface area (Å²) >= 11 is 12.2. The fourth-order valence-electron chi connectivity index (χ4n) is 3.13. The van der Waals surface area contributed by atoms with E-state index in [4.69, 9.17) is 23.2 Å². The number of H-pyrrole nitrogens is 1. The number of halogens is 2. The fourth-order valence-corrected chi connectivity index (χ4v) is 4.05. The topological polar surface area (TPSA) is 79.8 Å². The van der Waals surface area contributed by atoms with E-state index in [0.29, 0.717) is 15.7 Å². The number of fused-ring (bicyclic) bond motifs is 1. The number of nitrogens with one attached hydrogen (secondary N) is 2. The summed E-state index contributed by atoms with van der Waals surface area (Å²) in [6.07, 6.45) is 3.58. The van der Waals surface area contributed by atoms with Crippen LogP contribution in [-0.2, 0) is 17.1 Å². The van der Waals surface area contributed by atoms with Crippen LogP contribution >= 0.6 is 23.2 Å². The maximum atomic E-state index is 12.1. The van der Waals surface area contributed by atoms with Crippen molar-refractivity contribution in [2.75, 3.05) is 10.5 Å². The van der Waals surface area contributed by atoms with Crippen LogP contribution in [0.4, 0.5) is 5.69 Å². The van der Waals surface area contributed by atoms with Crippen LogP contribution in [0.1, 0.15) is 6.92 Å². The SMILES string of the molecule is CCS(=O)(=O)Nc1cc(-c2cn(C)cn2)c2[nH]c(-c3ccc(Cl)c(Cl)c3)cc2c1. The lowest BCUT2D eigenvalue weighted by molar-refractivity contribution is 0.602. The summed E-state index contributed by atoms with van der Waals surface area (Å²) in [5.74, 6) is -0.00832. The van der Waals surface area contributed by atoms with Crippen LogP contribution in [0, 0.1) is 0 Å². The van der Waals surface area contributed by atoms with E-state index in [1.54, 1.807) is 37.5 Å². The van der Waals surface area contributed by atoms with Crippen molar-refractivity contribution >= 4 is 49.8 Å². The third-order valence-electron chi connectivity index (χ3n) is 4.59. The van der Waals surface area contributed by atoms with Crippen molar-refractivity contribution in [3.05, 3.63) is 59.0 Å². The van der Waals surface area contributed by atoms with Crippen molar-refractivity contribution in [2.45, 2.75) is 6.92 Å². The molecule has 0 fully saturated rings. The Morgan fingerprint density at radius 1 is 1.14 bits per heavy atom. The van der Waals surface area contributed by atoms with Gasteiger partial charge in [-0.1, -0.05) is 29.3 Å². The van der Waals surface area contributed by atoms with Crippen LogP contribution < -0.4 is 4.72 Å². The summed E-state index contributed by atoms with van der Waals surface area (Å²) in [6.45, 7) is 1.60. The van der Waals surface area contributed by atoms with E-state index < -0.39 is 10.0 Å². The van der Waals surface area contributed by atoms with Crippen molar-refractivity contribution in [1.82, 2.24) is 14.5 Å². The number of imidazole rings is 1. The van der Waals surface area contributed by atoms with Crippen LogP contribution in [0.3, 0.4) is 0 Å². The molecule has 0 unspecified atom stereocenters. The molecule has 0 saturated heterocycles. The van der Waals surface area contributed by atoms with Crippen molar-refractivity contribution in [2.24, 2.45) is 7.05 Å². The zero-order chi connectivity index (χ0) is 20.8. The van der Waals surface area contributed by atoms with Gasteiger partial charge in [-0.3, -0.25) is 4.72 Å². The van der Waals surface area contributed by atoms with Crippen LogP contribution in [0.15, 0.2) is 48.9 Å². The highest BCUT2D eigenvalue weighted by atomic mass is 35.5. The third kappa shape index (κ3) is 3.99. The van der Waals surface area contributed by atoms with Gasteiger partial charge < -0.3 is 9.55 Å². The molecular weight excluding hydrogens is 431 g/mol. The number of aryl methyl sites for hydroxylation is 1. The summed E-state index contributed by atoms with van der Waals surface area (Å²) in [6, 6.07) is 10.9. The van der Waals surface area contributed by atoms with Crippen molar-refractivity contribution in [3.8, 4) is 22.5 Å². The minimum atomic E-state index is -3.41. The molecule has 0 amide bonds. The molecule has 150 valence electrons. The van der Waals surface area contributed by atoms with Crippen LogP contribution in [-0.4, -0.2) is 28.7 Å². The zero-order valence-electron chi connectivity index (χ0n) is 15.7. The highest BCUT2D eigenvalue weighted by Gasteiger charge is 2.15. The number of benzene rings is 2. The van der Waals surface area contributed by atoms with E-state index in [0.717, 1.165) is 33.4 Å². The average Bonchev–Trinajstić information content (AvgIpc) is 3.29. The van der Waals surface area contributed by atoms with Gasteiger partial charge in [0.1, 0.15) is 0 Å². The van der Waals surface area contributed by atoms with Gasteiger partial charge in [0.05, 0.1) is 33.3 Å². The number of rotatable bonds is 5. The Bertz CT molecular complexity index is 1330. The van der Waals surface area contributed by atoms with Gasteiger partial charge in [-0.15, -0.1) is 0 Å². The Balaban J connectivity index is 1.92. The fraction of sp³-hybridized carbons (Fsp3) is 0.150. The average molecular weight is 449 g/mol. The minimum Gasteiger partial charge on any atom is -0.354 e. The second kappa shape index (κ2) is 7.40. The second-order valence-electron chi connectivity index (χ2n) is 6.73. The van der Waals surface area contributed by atoms with Crippen LogP contribution in [0.5, 0.6) is 0 Å². The molecule has 0 bridgehead atoms. The first-order valence-corrected chi connectivity index (χ1v) is 11.3. The molecule has 2 aromatic heterocycles. The predicted molar refractivity (Wildman–Crippen MR) is 119 cm³/mol. The highest BCUT2D eigenvalue weighted by Crippen LogP contribution is 2.35. The maximum Gasteiger partial charge on any atom is 0.232 e. The summed E-state index contributed by atoms with van der Waals surface area (Å²) < 4.78 is 28.6. The first-order chi connectivity index (χ1) is 13.8. The summed E-state index contributed by atoms with van der Waals surface area (Å²) in [7, 11) is -1.53. The molecular formula is C20H18Cl2N4O2S. The molecule has 0 aliphatic carbocycles. The van der Waals surface area contributed by atoms with E-state index in [1.807, 2.05) is 29.9 Å². The Labute approximate surface area is 178 Å². The van der Waals surface area contributed by atoms with E-state index >= 15 is 0 Å². The lowest BCUT2D eigenvalue weighted by atomic mass is 10.1. The summed E-state index contributed by atoms with van der Waals surface area (Å²) in [5.41, 5.74) is 4.58. The van der Waals surface area contributed by atoms with Gasteiger partial charge in [0.2, 0.25) is 10.0 Å². The zero-order valence-corrected chi connectivity index (χ0v) is 18.0. The van der Waals surface area contributed by atoms with Gasteiger partial charge in [0.25, 0.3) is 0 Å². The molecule has 0 spiro atoms. The van der Waals surface area contributed by atoms with Crippen LogP contribution in [0.2, 0.25) is 10.0 Å². The Morgan fingerprint density at radius 3 is 2.59 bits per heavy atom. The van der Waals surface area contributed by atoms with Crippen molar-refractivity contribution < 1.29 is 8.42 Å². The summed E-state index contributed by atoms with van der Waals surface area (Å²) in [5, 5.41) is 1.80. The number of aromatic amines is 1. The monoisotopic (exact) mass is 448 g/mol. The molecule has 2 N–H and O–H groups in total. The smallest absolute Gasteiger partial charge is 0.232 e. The maximum absolute atomic E-state index is 12.1. The number of sulfonamides is 1.